The molecule has 1 unspecified atom stereocenters. The van der Waals surface area contributed by atoms with Crippen molar-refractivity contribution in [2.24, 2.45) is 5.92 Å². The second kappa shape index (κ2) is 9.34. The summed E-state index contributed by atoms with van der Waals surface area (Å²) in [7, 11) is 0. The first-order valence-corrected chi connectivity index (χ1v) is 15.8. The Bertz CT molecular complexity index is 1040. The van der Waals surface area contributed by atoms with Crippen LogP contribution in [0.15, 0.2) is 115 Å². The molecule has 0 heterocycles. The zero-order valence-electron chi connectivity index (χ0n) is 19.2. The molecule has 4 rings (SSSR count). The molecule has 0 nitrogen and oxygen atoms in total. The van der Waals surface area contributed by atoms with Crippen molar-refractivity contribution < 1.29 is 0 Å². The third-order valence-corrected chi connectivity index (χ3v) is 17.8. The molecule has 4 aromatic carbocycles. The summed E-state index contributed by atoms with van der Waals surface area (Å²) in [4.78, 5) is 0. The van der Waals surface area contributed by atoms with Crippen LogP contribution in [0.1, 0.15) is 37.6 Å². The van der Waals surface area contributed by atoms with Gasteiger partial charge in [-0.3, -0.25) is 0 Å². The van der Waals surface area contributed by atoms with Crippen LogP contribution < -0.4 is 15.9 Å². The van der Waals surface area contributed by atoms with Crippen LogP contribution in [0.5, 0.6) is 0 Å². The topological polar surface area (TPSA) is 0 Å². The van der Waals surface area contributed by atoms with E-state index in [0.29, 0.717) is 5.92 Å². The summed E-state index contributed by atoms with van der Waals surface area (Å²) in [6.45, 7) is 6.96. The fraction of sp³-hybridized carbons (Fsp3) is 0.200. The van der Waals surface area contributed by atoms with Gasteiger partial charge in [-0.05, 0) is 0 Å². The van der Waals surface area contributed by atoms with Gasteiger partial charge >= 0.3 is 202 Å². The average Bonchev–Trinajstić information content (AvgIpc) is 2.85. The van der Waals surface area contributed by atoms with Crippen molar-refractivity contribution in [2.45, 2.75) is 32.9 Å². The second-order valence-corrected chi connectivity index (χ2v) is 18.0. The fourth-order valence-electron chi connectivity index (χ4n) is 4.96. The van der Waals surface area contributed by atoms with Crippen LogP contribution in [0.4, 0.5) is 0 Å². The zero-order valence-corrected chi connectivity index (χ0v) is 21.6. The van der Waals surface area contributed by atoms with Crippen LogP contribution in [-0.2, 0) is 6.42 Å². The molecule has 0 N–H and O–H groups in total. The second-order valence-electron chi connectivity index (χ2n) is 9.10. The molecular weight excluding hydrogens is 471 g/mol. The summed E-state index contributed by atoms with van der Waals surface area (Å²) in [6.07, 6.45) is 1.11. The Labute approximate surface area is 201 Å². The van der Waals surface area contributed by atoms with E-state index in [4.69, 9.17) is 0 Å². The molecule has 0 saturated carbocycles. The molecule has 0 aromatic heterocycles. The maximum absolute atomic E-state index is 4.61. The van der Waals surface area contributed by atoms with Gasteiger partial charge in [-0.1, -0.05) is 0 Å². The Hall–Kier alpha value is -2.21. The molecule has 1 atom stereocenters. The van der Waals surface area contributed by atoms with E-state index in [1.54, 1.807) is 0 Å². The maximum atomic E-state index is 4.61. The Balaban J connectivity index is 2.02. The van der Waals surface area contributed by atoms with Crippen LogP contribution in [0, 0.1) is 5.92 Å². The molecule has 0 aliphatic carbocycles. The predicted octanol–water partition coefficient (Wildman–Crippen LogP) is 7.79. The molecule has 32 heavy (non-hydrogen) atoms. The number of halogens is 1. The molecular formula is C30H32BrP. The molecule has 164 valence electrons. The van der Waals surface area contributed by atoms with Crippen LogP contribution in [0.3, 0.4) is 0 Å². The number of hydrogen-bond acceptors (Lipinski definition) is 0. The Morgan fingerprint density at radius 3 is 1.28 bits per heavy atom. The van der Waals surface area contributed by atoms with Gasteiger partial charge in [-0.25, -0.2) is 0 Å². The van der Waals surface area contributed by atoms with E-state index in [1.807, 2.05) is 0 Å². The van der Waals surface area contributed by atoms with E-state index in [9.17, 15) is 0 Å². The van der Waals surface area contributed by atoms with Gasteiger partial charge in [-0.2, -0.15) is 0 Å². The summed E-state index contributed by atoms with van der Waals surface area (Å²) in [6, 6.07) is 42.5. The average molecular weight is 503 g/mol. The van der Waals surface area contributed by atoms with Crippen molar-refractivity contribution >= 4 is 36.7 Å². The molecule has 0 fully saturated rings. The predicted molar refractivity (Wildman–Crippen MR) is 147 cm³/mol. The van der Waals surface area contributed by atoms with Crippen molar-refractivity contribution in [1.29, 1.82) is 0 Å². The molecule has 0 spiro atoms. The van der Waals surface area contributed by atoms with Gasteiger partial charge in [-0.15, -0.1) is 0 Å². The van der Waals surface area contributed by atoms with Gasteiger partial charge in [0.1, 0.15) is 0 Å². The fourth-order valence-corrected chi connectivity index (χ4v) is 13.0. The quantitative estimate of drug-likeness (QED) is 0.226. The van der Waals surface area contributed by atoms with E-state index >= 15 is 0 Å². The molecule has 0 amide bonds. The van der Waals surface area contributed by atoms with Gasteiger partial charge in [0.15, 0.2) is 0 Å². The summed E-state index contributed by atoms with van der Waals surface area (Å²) in [5.41, 5.74) is 3.02. The summed E-state index contributed by atoms with van der Waals surface area (Å²) in [5.74, 6) is 0.659. The minimum absolute atomic E-state index is 0.251. The summed E-state index contributed by atoms with van der Waals surface area (Å²) < 4.78 is 0. The molecule has 0 bridgehead atoms. The van der Waals surface area contributed by atoms with Crippen LogP contribution in [0.2, 0.25) is 0 Å². The van der Waals surface area contributed by atoms with Crippen LogP contribution >= 0.6 is 20.8 Å². The first-order valence-electron chi connectivity index (χ1n) is 11.4. The van der Waals surface area contributed by atoms with E-state index in [-0.39, 0.29) is 5.66 Å². The molecule has 0 saturated heterocycles. The van der Waals surface area contributed by atoms with E-state index in [0.717, 1.165) is 6.42 Å². The molecule has 0 aliphatic heterocycles. The third-order valence-electron chi connectivity index (χ3n) is 6.62. The Morgan fingerprint density at radius 1 is 0.562 bits per heavy atom. The van der Waals surface area contributed by atoms with Gasteiger partial charge < -0.3 is 0 Å². The monoisotopic (exact) mass is 502 g/mol. The van der Waals surface area contributed by atoms with Gasteiger partial charge in [0.05, 0.1) is 0 Å². The molecule has 2 heteroatoms. The Kier molecular flexibility index (Phi) is 6.70. The number of hydrogen-bond donors (Lipinski definition) is 0. The SMILES string of the molecule is CC(C)Cc1ccc(C(C)P(Br)(c2ccccc2)(c2ccccc2)c2ccccc2)cc1. The molecule has 4 aromatic rings. The van der Waals surface area contributed by atoms with E-state index in [1.165, 1.54) is 27.0 Å². The third kappa shape index (κ3) is 3.87. The van der Waals surface area contributed by atoms with Crippen molar-refractivity contribution in [2.75, 3.05) is 0 Å². The van der Waals surface area contributed by atoms with Crippen molar-refractivity contribution in [3.05, 3.63) is 126 Å². The van der Waals surface area contributed by atoms with Crippen molar-refractivity contribution in [1.82, 2.24) is 0 Å². The number of benzene rings is 4. The first kappa shape index (κ1) is 23.0. The zero-order chi connectivity index (χ0) is 22.6. The van der Waals surface area contributed by atoms with E-state index in [2.05, 4.69) is 152 Å². The number of rotatable bonds is 7. The summed E-state index contributed by atoms with van der Waals surface area (Å²) in [5, 5.41) is 1.04. The molecule has 0 aliphatic rings. The summed E-state index contributed by atoms with van der Waals surface area (Å²) >= 11 is 4.61. The van der Waals surface area contributed by atoms with Gasteiger partial charge in [0.25, 0.3) is 0 Å². The van der Waals surface area contributed by atoms with Gasteiger partial charge in [0, 0.05) is 0 Å². The van der Waals surface area contributed by atoms with Crippen LogP contribution in [-0.4, -0.2) is 0 Å². The van der Waals surface area contributed by atoms with Crippen molar-refractivity contribution in [3.8, 4) is 0 Å². The minimum atomic E-state index is -3.03. The van der Waals surface area contributed by atoms with Crippen LogP contribution in [0.25, 0.3) is 0 Å². The van der Waals surface area contributed by atoms with E-state index < -0.39 is 5.31 Å². The van der Waals surface area contributed by atoms with Crippen molar-refractivity contribution in [3.63, 3.8) is 0 Å². The molecule has 0 radical (unpaired) electrons. The first-order chi connectivity index (χ1) is 15.4. The Morgan fingerprint density at radius 2 is 0.938 bits per heavy atom. The van der Waals surface area contributed by atoms with Gasteiger partial charge in [0.2, 0.25) is 0 Å². The normalized spacial score (nSPS) is 14.0. The standard InChI is InChI=1S/C30H32BrP/c1-24(2)23-26-19-21-27(22-20-26)25(3)32(31,28-13-7-4-8-14-28,29-15-9-5-10-16-29)30-17-11-6-12-18-30/h4-22,24-25H,23H2,1-3H3.